The van der Waals surface area contributed by atoms with Crippen molar-refractivity contribution in [2.75, 3.05) is 0 Å². The molecule has 0 saturated heterocycles. The van der Waals surface area contributed by atoms with Crippen LogP contribution in [0.3, 0.4) is 0 Å². The van der Waals surface area contributed by atoms with Crippen molar-refractivity contribution in [3.05, 3.63) is 41.8 Å². The highest BCUT2D eigenvalue weighted by atomic mass is 14.1. The third-order valence-electron chi connectivity index (χ3n) is 1.99. The van der Waals surface area contributed by atoms with Crippen molar-refractivity contribution in [2.24, 2.45) is 5.92 Å². The van der Waals surface area contributed by atoms with Crippen LogP contribution in [0.5, 0.6) is 0 Å². The molecule has 0 heteroatoms. The lowest BCUT2D eigenvalue weighted by molar-refractivity contribution is 0.645. The van der Waals surface area contributed by atoms with Crippen molar-refractivity contribution >= 4 is 0 Å². The molecule has 0 fully saturated rings. The fourth-order valence-electron chi connectivity index (χ4n) is 1.44. The normalized spacial score (nSPS) is 10.7. The Morgan fingerprint density at radius 3 is 2.50 bits per heavy atom. The largest absolute Gasteiger partial charge is 0.0625 e. The van der Waals surface area contributed by atoms with E-state index in [-0.39, 0.29) is 0 Å². The zero-order valence-corrected chi connectivity index (χ0v) is 8.17. The molecule has 1 aromatic rings. The first-order valence-electron chi connectivity index (χ1n) is 4.61. The molecule has 12 heavy (non-hydrogen) atoms. The molecule has 0 N–H and O–H groups in total. The molecule has 0 saturated carbocycles. The summed E-state index contributed by atoms with van der Waals surface area (Å²) in [5.41, 5.74) is 2.85. The molecule has 0 nitrogen and oxygen atoms in total. The van der Waals surface area contributed by atoms with Gasteiger partial charge in [-0.2, -0.15) is 0 Å². The molecule has 0 aliphatic rings. The summed E-state index contributed by atoms with van der Waals surface area (Å²) in [5.74, 6) is 0.742. The van der Waals surface area contributed by atoms with Gasteiger partial charge < -0.3 is 0 Å². The van der Waals surface area contributed by atoms with Gasteiger partial charge in [-0.25, -0.2) is 0 Å². The number of hydrogen-bond acceptors (Lipinski definition) is 0. The second kappa shape index (κ2) is 4.30. The molecule has 0 aromatic heterocycles. The van der Waals surface area contributed by atoms with Gasteiger partial charge >= 0.3 is 0 Å². The van der Waals surface area contributed by atoms with Crippen molar-refractivity contribution in [1.29, 1.82) is 0 Å². The van der Waals surface area contributed by atoms with Gasteiger partial charge in [0.25, 0.3) is 0 Å². The van der Waals surface area contributed by atoms with E-state index >= 15 is 0 Å². The summed E-state index contributed by atoms with van der Waals surface area (Å²) in [5, 5.41) is 0. The predicted molar refractivity (Wildman–Crippen MR) is 54.1 cm³/mol. The lowest BCUT2D eigenvalue weighted by atomic mass is 9.97. The minimum Gasteiger partial charge on any atom is -0.0625 e. The molecule has 0 heterocycles. The molecule has 0 aliphatic heterocycles. The molecule has 0 bridgehead atoms. The van der Waals surface area contributed by atoms with Crippen molar-refractivity contribution < 1.29 is 0 Å². The van der Waals surface area contributed by atoms with Gasteiger partial charge in [0.1, 0.15) is 0 Å². The van der Waals surface area contributed by atoms with E-state index in [0.29, 0.717) is 0 Å². The van der Waals surface area contributed by atoms with E-state index in [0.717, 1.165) is 5.92 Å². The molecule has 0 unspecified atom stereocenters. The SMILES string of the molecule is C[CH]c1ccccc1CC(C)C. The molecule has 1 radical (unpaired) electrons. The van der Waals surface area contributed by atoms with Crippen molar-refractivity contribution in [3.63, 3.8) is 0 Å². The van der Waals surface area contributed by atoms with Crippen molar-refractivity contribution in [2.45, 2.75) is 27.2 Å². The monoisotopic (exact) mass is 161 g/mol. The Morgan fingerprint density at radius 1 is 1.25 bits per heavy atom. The van der Waals surface area contributed by atoms with E-state index in [1.54, 1.807) is 0 Å². The molecule has 1 aromatic carbocycles. The minimum absolute atomic E-state index is 0.742. The Kier molecular flexibility index (Phi) is 3.33. The highest BCUT2D eigenvalue weighted by Gasteiger charge is 2.01. The van der Waals surface area contributed by atoms with Crippen LogP contribution in [0.15, 0.2) is 24.3 Å². The molecule has 0 amide bonds. The van der Waals surface area contributed by atoms with Crippen molar-refractivity contribution in [1.82, 2.24) is 0 Å². The molecule has 1 rings (SSSR count). The van der Waals surface area contributed by atoms with Gasteiger partial charge in [-0.05, 0) is 29.9 Å². The number of hydrogen-bond donors (Lipinski definition) is 0. The average molecular weight is 161 g/mol. The Morgan fingerprint density at radius 2 is 1.92 bits per heavy atom. The summed E-state index contributed by atoms with van der Waals surface area (Å²) in [6, 6.07) is 8.61. The van der Waals surface area contributed by atoms with E-state index in [2.05, 4.69) is 51.5 Å². The van der Waals surface area contributed by atoms with Gasteiger partial charge in [0.2, 0.25) is 0 Å². The van der Waals surface area contributed by atoms with E-state index < -0.39 is 0 Å². The van der Waals surface area contributed by atoms with Crippen LogP contribution in [0, 0.1) is 12.3 Å². The van der Waals surface area contributed by atoms with Gasteiger partial charge in [-0.1, -0.05) is 45.0 Å². The average Bonchev–Trinajstić information content (AvgIpc) is 2.04. The van der Waals surface area contributed by atoms with E-state index in [9.17, 15) is 0 Å². The zero-order valence-electron chi connectivity index (χ0n) is 8.17. The quantitative estimate of drug-likeness (QED) is 0.637. The second-order valence-electron chi connectivity index (χ2n) is 3.59. The minimum atomic E-state index is 0.742. The van der Waals surface area contributed by atoms with Gasteiger partial charge in [-0.15, -0.1) is 0 Å². The van der Waals surface area contributed by atoms with Crippen LogP contribution in [-0.2, 0) is 6.42 Å². The van der Waals surface area contributed by atoms with Crippen LogP contribution in [-0.4, -0.2) is 0 Å². The Labute approximate surface area is 75.6 Å². The van der Waals surface area contributed by atoms with Crippen LogP contribution in [0.25, 0.3) is 0 Å². The zero-order chi connectivity index (χ0) is 8.97. The first-order valence-corrected chi connectivity index (χ1v) is 4.61. The Balaban J connectivity index is 2.82. The van der Waals surface area contributed by atoms with E-state index in [1.165, 1.54) is 17.5 Å². The van der Waals surface area contributed by atoms with Crippen LogP contribution in [0.4, 0.5) is 0 Å². The number of benzene rings is 1. The molecular formula is C12H17. The summed E-state index contributed by atoms with van der Waals surface area (Å²) in [4.78, 5) is 0. The Hall–Kier alpha value is -0.780. The summed E-state index contributed by atoms with van der Waals surface area (Å²) < 4.78 is 0. The summed E-state index contributed by atoms with van der Waals surface area (Å²) in [7, 11) is 0. The molecular weight excluding hydrogens is 144 g/mol. The molecule has 65 valence electrons. The predicted octanol–water partition coefficient (Wildman–Crippen LogP) is 3.46. The Bertz CT molecular complexity index is 236. The first-order chi connectivity index (χ1) is 5.74. The first kappa shape index (κ1) is 9.31. The fourth-order valence-corrected chi connectivity index (χ4v) is 1.44. The van der Waals surface area contributed by atoms with Gasteiger partial charge in [0.05, 0.1) is 0 Å². The van der Waals surface area contributed by atoms with Crippen LogP contribution in [0.1, 0.15) is 31.9 Å². The van der Waals surface area contributed by atoms with Gasteiger partial charge in [-0.3, -0.25) is 0 Å². The highest BCUT2D eigenvalue weighted by molar-refractivity contribution is 5.32. The standard InChI is InChI=1S/C12H17/c1-4-11-7-5-6-8-12(11)9-10(2)3/h4-8,10H,9H2,1-3H3. The second-order valence-corrected chi connectivity index (χ2v) is 3.59. The fraction of sp³-hybridized carbons (Fsp3) is 0.417. The maximum absolute atomic E-state index is 2.26. The maximum atomic E-state index is 2.26. The molecule has 0 aliphatic carbocycles. The topological polar surface area (TPSA) is 0 Å². The highest BCUT2D eigenvalue weighted by Crippen LogP contribution is 2.14. The van der Waals surface area contributed by atoms with Crippen LogP contribution < -0.4 is 0 Å². The third-order valence-corrected chi connectivity index (χ3v) is 1.99. The van der Waals surface area contributed by atoms with Crippen LogP contribution >= 0.6 is 0 Å². The summed E-state index contributed by atoms with van der Waals surface area (Å²) in [6.45, 7) is 6.61. The lowest BCUT2D eigenvalue weighted by Crippen LogP contribution is -1.97. The molecule has 0 atom stereocenters. The smallest absolute Gasteiger partial charge is 0.0121 e. The molecule has 0 spiro atoms. The van der Waals surface area contributed by atoms with Gasteiger partial charge in [0.15, 0.2) is 0 Å². The van der Waals surface area contributed by atoms with Crippen LogP contribution in [0.2, 0.25) is 0 Å². The lowest BCUT2D eigenvalue weighted by Gasteiger charge is -2.09. The number of rotatable bonds is 3. The van der Waals surface area contributed by atoms with Crippen molar-refractivity contribution in [3.8, 4) is 0 Å². The van der Waals surface area contributed by atoms with E-state index in [4.69, 9.17) is 0 Å². The van der Waals surface area contributed by atoms with E-state index in [1.807, 2.05) is 0 Å². The summed E-state index contributed by atoms with van der Waals surface area (Å²) >= 11 is 0. The van der Waals surface area contributed by atoms with Gasteiger partial charge in [0, 0.05) is 0 Å². The maximum Gasteiger partial charge on any atom is -0.0121 e. The summed E-state index contributed by atoms with van der Waals surface area (Å²) in [6.07, 6.45) is 3.36. The third kappa shape index (κ3) is 2.37.